The van der Waals surface area contributed by atoms with Gasteiger partial charge in [0.2, 0.25) is 16.6 Å². The van der Waals surface area contributed by atoms with Crippen molar-refractivity contribution in [1.82, 2.24) is 20.0 Å². The van der Waals surface area contributed by atoms with Gasteiger partial charge in [0.1, 0.15) is 12.0 Å². The minimum atomic E-state index is -0.623. The lowest BCUT2D eigenvalue weighted by molar-refractivity contribution is -0.387. The molecule has 3 rings (SSSR count). The van der Waals surface area contributed by atoms with E-state index < -0.39 is 10.9 Å². The third kappa shape index (κ3) is 3.28. The highest BCUT2D eigenvalue weighted by atomic mass is 32.2. The maximum absolute atomic E-state index is 11.7. The van der Waals surface area contributed by atoms with Gasteiger partial charge in [0.25, 0.3) is 5.89 Å². The molecule has 0 saturated heterocycles. The molecule has 26 heavy (non-hydrogen) atoms. The van der Waals surface area contributed by atoms with Crippen molar-refractivity contribution in [2.24, 2.45) is 0 Å². The van der Waals surface area contributed by atoms with Crippen molar-refractivity contribution in [2.75, 3.05) is 0 Å². The Balaban J connectivity index is 2.28. The molecule has 0 aliphatic rings. The second-order valence-corrected chi connectivity index (χ2v) is 5.96. The lowest BCUT2D eigenvalue weighted by Crippen LogP contribution is -2.02. The monoisotopic (exact) mass is 375 g/mol. The van der Waals surface area contributed by atoms with Crippen molar-refractivity contribution >= 4 is 23.7 Å². The van der Waals surface area contributed by atoms with Crippen molar-refractivity contribution in [2.45, 2.75) is 25.8 Å². The number of hydrogen-bond acceptors (Lipinski definition) is 9. The van der Waals surface area contributed by atoms with Gasteiger partial charge >= 0.3 is 11.7 Å². The topological polar surface area (TPSA) is 126 Å². The van der Waals surface area contributed by atoms with Crippen LogP contribution in [0.25, 0.3) is 17.3 Å². The summed E-state index contributed by atoms with van der Waals surface area (Å²) in [4.78, 5) is 22.2. The molecule has 0 aliphatic heterocycles. The highest BCUT2D eigenvalue weighted by Crippen LogP contribution is 2.39. The molecule has 0 spiro atoms. The SMILES string of the molecule is CC(=O)OSc1nn(-c2ccccc2C)c(-c2nnc(C)o2)c1[N+](=O)[O-]. The highest BCUT2D eigenvalue weighted by Gasteiger charge is 2.34. The molecule has 0 bridgehead atoms. The number of aromatic nitrogens is 4. The van der Waals surface area contributed by atoms with E-state index in [1.54, 1.807) is 19.1 Å². The number of carbonyl (C=O) groups excluding carboxylic acids is 1. The van der Waals surface area contributed by atoms with E-state index in [-0.39, 0.29) is 28.2 Å². The summed E-state index contributed by atoms with van der Waals surface area (Å²) >= 11 is 0.507. The van der Waals surface area contributed by atoms with Gasteiger partial charge in [-0.15, -0.1) is 15.3 Å². The lowest BCUT2D eigenvalue weighted by atomic mass is 10.2. The number of para-hydroxylation sites is 1. The molecule has 134 valence electrons. The first-order chi connectivity index (χ1) is 12.4. The van der Waals surface area contributed by atoms with Crippen LogP contribution < -0.4 is 0 Å². The summed E-state index contributed by atoms with van der Waals surface area (Å²) in [7, 11) is 0. The van der Waals surface area contributed by atoms with Crippen LogP contribution in [0.15, 0.2) is 33.7 Å². The molecule has 10 nitrogen and oxygen atoms in total. The van der Waals surface area contributed by atoms with E-state index in [2.05, 4.69) is 15.3 Å². The van der Waals surface area contributed by atoms with Crippen LogP contribution in [0.4, 0.5) is 5.69 Å². The van der Waals surface area contributed by atoms with Crippen LogP contribution >= 0.6 is 12.0 Å². The van der Waals surface area contributed by atoms with E-state index in [4.69, 9.17) is 8.60 Å². The number of nitrogens with zero attached hydrogens (tertiary/aromatic N) is 5. The first-order valence-corrected chi connectivity index (χ1v) is 8.11. The average molecular weight is 375 g/mol. The average Bonchev–Trinajstić information content (AvgIpc) is 3.16. The van der Waals surface area contributed by atoms with Crippen LogP contribution in [0.2, 0.25) is 0 Å². The van der Waals surface area contributed by atoms with E-state index in [1.165, 1.54) is 11.6 Å². The Hall–Kier alpha value is -3.21. The molecule has 0 unspecified atom stereocenters. The zero-order valence-electron chi connectivity index (χ0n) is 14.0. The van der Waals surface area contributed by atoms with Gasteiger partial charge in [-0.2, -0.15) is 0 Å². The summed E-state index contributed by atoms with van der Waals surface area (Å²) in [5, 5.41) is 23.5. The number of aryl methyl sites for hydroxylation is 2. The van der Waals surface area contributed by atoms with Crippen molar-refractivity contribution in [3.8, 4) is 17.3 Å². The fourth-order valence-electron chi connectivity index (χ4n) is 2.27. The van der Waals surface area contributed by atoms with Gasteiger partial charge in [-0.05, 0) is 18.6 Å². The number of carbonyl (C=O) groups is 1. The van der Waals surface area contributed by atoms with Crippen LogP contribution in [0, 0.1) is 24.0 Å². The molecule has 0 amide bonds. The molecule has 0 radical (unpaired) electrons. The number of nitro groups is 1. The lowest BCUT2D eigenvalue weighted by Gasteiger charge is -2.07. The fourth-order valence-corrected chi connectivity index (χ4v) is 2.83. The van der Waals surface area contributed by atoms with Crippen LogP contribution in [-0.4, -0.2) is 30.9 Å². The van der Waals surface area contributed by atoms with Crippen LogP contribution in [0.5, 0.6) is 0 Å². The van der Waals surface area contributed by atoms with E-state index in [9.17, 15) is 14.9 Å². The molecule has 0 N–H and O–H groups in total. The van der Waals surface area contributed by atoms with E-state index in [0.717, 1.165) is 5.56 Å². The summed E-state index contributed by atoms with van der Waals surface area (Å²) in [6.07, 6.45) is 0. The predicted octanol–water partition coefficient (Wildman–Crippen LogP) is 3.02. The van der Waals surface area contributed by atoms with Gasteiger partial charge in [0.05, 0.1) is 10.6 Å². The largest absolute Gasteiger partial charge is 0.419 e. The van der Waals surface area contributed by atoms with Gasteiger partial charge in [-0.1, -0.05) is 18.2 Å². The van der Waals surface area contributed by atoms with Crippen LogP contribution in [0.3, 0.4) is 0 Å². The van der Waals surface area contributed by atoms with Crippen molar-refractivity contribution in [3.63, 3.8) is 0 Å². The van der Waals surface area contributed by atoms with Crippen molar-refractivity contribution < 1.29 is 18.3 Å². The number of hydrogen-bond donors (Lipinski definition) is 0. The second-order valence-electron chi connectivity index (χ2n) is 5.24. The van der Waals surface area contributed by atoms with Gasteiger partial charge in [-0.25, -0.2) is 4.68 Å². The summed E-state index contributed by atoms with van der Waals surface area (Å²) in [5.74, 6) is -0.412. The number of rotatable bonds is 5. The molecule has 0 saturated carbocycles. The van der Waals surface area contributed by atoms with E-state index in [1.807, 2.05) is 19.1 Å². The normalized spacial score (nSPS) is 10.7. The van der Waals surface area contributed by atoms with Gasteiger partial charge < -0.3 is 8.60 Å². The molecule has 0 fully saturated rings. The zero-order valence-corrected chi connectivity index (χ0v) is 14.8. The molecule has 0 atom stereocenters. The van der Waals surface area contributed by atoms with Gasteiger partial charge in [0, 0.05) is 13.8 Å². The molecule has 2 aromatic heterocycles. The molecular weight excluding hydrogens is 362 g/mol. The molecule has 0 aliphatic carbocycles. The first-order valence-electron chi connectivity index (χ1n) is 7.37. The van der Waals surface area contributed by atoms with Crippen LogP contribution in [0.1, 0.15) is 18.4 Å². The standard InChI is InChI=1S/C15H13N5O5S/c1-8-6-4-5-7-11(8)19-12(14-17-16-9(2)24-14)13(20(22)23)15(18-19)26-25-10(3)21/h4-7H,1-3H3. The molecule has 3 aromatic rings. The minimum absolute atomic E-state index is 0.0135. The van der Waals surface area contributed by atoms with Gasteiger partial charge in [0.15, 0.2) is 0 Å². The maximum atomic E-state index is 11.7. The molecule has 2 heterocycles. The molecule has 1 aromatic carbocycles. The Morgan fingerprint density at radius 2 is 2.04 bits per heavy atom. The van der Waals surface area contributed by atoms with E-state index in [0.29, 0.717) is 17.7 Å². The second kappa shape index (κ2) is 6.96. The highest BCUT2D eigenvalue weighted by molar-refractivity contribution is 7.95. The van der Waals surface area contributed by atoms with E-state index >= 15 is 0 Å². The Morgan fingerprint density at radius 1 is 1.31 bits per heavy atom. The smallest absolute Gasteiger partial charge is 0.337 e. The molecule has 11 heteroatoms. The summed E-state index contributed by atoms with van der Waals surface area (Å²) in [6.45, 7) is 4.61. The third-order valence-electron chi connectivity index (χ3n) is 3.32. The summed E-state index contributed by atoms with van der Waals surface area (Å²) in [6, 6.07) is 7.20. The number of benzene rings is 1. The quantitative estimate of drug-likeness (QED) is 0.375. The van der Waals surface area contributed by atoms with Crippen molar-refractivity contribution in [3.05, 3.63) is 45.8 Å². The summed E-state index contributed by atoms with van der Waals surface area (Å²) in [5.41, 5.74) is 1.05. The Labute approximate surface area is 151 Å². The predicted molar refractivity (Wildman–Crippen MR) is 90.6 cm³/mol. The third-order valence-corrected chi connectivity index (χ3v) is 4.07. The van der Waals surface area contributed by atoms with Gasteiger partial charge in [-0.3, -0.25) is 14.9 Å². The Morgan fingerprint density at radius 3 is 2.62 bits per heavy atom. The maximum Gasteiger partial charge on any atom is 0.337 e. The first kappa shape index (κ1) is 17.6. The Kier molecular flexibility index (Phi) is 4.71. The fraction of sp³-hybridized carbons (Fsp3) is 0.200. The minimum Gasteiger partial charge on any atom is -0.419 e. The summed E-state index contributed by atoms with van der Waals surface area (Å²) < 4.78 is 11.6. The van der Waals surface area contributed by atoms with Crippen LogP contribution in [-0.2, 0) is 8.98 Å². The molecular formula is C15H13N5O5S. The van der Waals surface area contributed by atoms with Crippen molar-refractivity contribution in [1.29, 1.82) is 0 Å². The zero-order chi connectivity index (χ0) is 18.8. The Bertz CT molecular complexity index is 996.